The molecule has 3 heteroatoms. The number of benzene rings is 1. The van der Waals surface area contributed by atoms with Gasteiger partial charge < -0.3 is 11.1 Å². The van der Waals surface area contributed by atoms with Crippen LogP contribution >= 0.6 is 11.6 Å². The molecule has 0 heterocycles. The van der Waals surface area contributed by atoms with Crippen LogP contribution in [0.4, 0.5) is 0 Å². The summed E-state index contributed by atoms with van der Waals surface area (Å²) in [7, 11) is 0. The Bertz CT molecular complexity index is 310. The minimum absolute atomic E-state index is 0.331. The lowest BCUT2D eigenvalue weighted by Crippen LogP contribution is -2.40. The van der Waals surface area contributed by atoms with Crippen molar-refractivity contribution in [2.24, 2.45) is 5.73 Å². The quantitative estimate of drug-likeness (QED) is 0.827. The first-order valence-corrected chi connectivity index (χ1v) is 5.87. The largest absolute Gasteiger partial charge is 0.326 e. The zero-order chi connectivity index (χ0) is 10.7. The van der Waals surface area contributed by atoms with Crippen molar-refractivity contribution in [3.05, 3.63) is 34.9 Å². The Morgan fingerprint density at radius 3 is 2.60 bits per heavy atom. The minimum atomic E-state index is 0.331. The van der Waals surface area contributed by atoms with Crippen LogP contribution in [0.1, 0.15) is 24.8 Å². The molecule has 1 saturated carbocycles. The lowest BCUT2D eigenvalue weighted by molar-refractivity contribution is 0.475. The van der Waals surface area contributed by atoms with E-state index < -0.39 is 0 Å². The summed E-state index contributed by atoms with van der Waals surface area (Å²) in [4.78, 5) is 0. The molecule has 1 aliphatic rings. The van der Waals surface area contributed by atoms with Gasteiger partial charge in [-0.05, 0) is 30.5 Å². The van der Waals surface area contributed by atoms with Gasteiger partial charge in [-0.3, -0.25) is 0 Å². The van der Waals surface area contributed by atoms with E-state index >= 15 is 0 Å². The van der Waals surface area contributed by atoms with Crippen molar-refractivity contribution in [3.8, 4) is 0 Å². The van der Waals surface area contributed by atoms with Crippen molar-refractivity contribution in [1.82, 2.24) is 5.32 Å². The van der Waals surface area contributed by atoms with Gasteiger partial charge in [0.05, 0.1) is 0 Å². The molecular weight excluding hydrogens is 208 g/mol. The van der Waals surface area contributed by atoms with Crippen LogP contribution in [-0.4, -0.2) is 12.1 Å². The molecule has 1 aliphatic carbocycles. The van der Waals surface area contributed by atoms with Crippen molar-refractivity contribution in [2.45, 2.75) is 37.9 Å². The van der Waals surface area contributed by atoms with Gasteiger partial charge in [0.2, 0.25) is 0 Å². The van der Waals surface area contributed by atoms with Crippen molar-refractivity contribution >= 4 is 11.6 Å². The molecule has 0 amide bonds. The van der Waals surface area contributed by atoms with E-state index in [0.717, 1.165) is 18.0 Å². The van der Waals surface area contributed by atoms with Crippen LogP contribution in [0.3, 0.4) is 0 Å². The number of hydrogen-bond acceptors (Lipinski definition) is 2. The third-order valence-electron chi connectivity index (χ3n) is 3.05. The number of nitrogens with two attached hydrogens (primary N) is 1. The summed E-state index contributed by atoms with van der Waals surface area (Å²) in [6.45, 7) is 0.884. The molecule has 0 radical (unpaired) electrons. The smallest absolute Gasteiger partial charge is 0.0406 e. The molecule has 1 fully saturated rings. The molecule has 0 bridgehead atoms. The summed E-state index contributed by atoms with van der Waals surface area (Å²) < 4.78 is 0. The van der Waals surface area contributed by atoms with Gasteiger partial charge in [0.15, 0.2) is 0 Å². The molecule has 15 heavy (non-hydrogen) atoms. The zero-order valence-electron chi connectivity index (χ0n) is 8.75. The predicted octanol–water partition coefficient (Wildman–Crippen LogP) is 2.31. The third-order valence-corrected chi connectivity index (χ3v) is 3.30. The Hall–Kier alpha value is -0.570. The standard InChI is InChI=1S/C12H17ClN2/c13-10-6-4-9(5-7-10)8-15-12-3-1-2-11(12)14/h4-7,11-12,15H,1-3,8,14H2. The Morgan fingerprint density at radius 2 is 2.00 bits per heavy atom. The molecule has 0 spiro atoms. The van der Waals surface area contributed by atoms with E-state index in [4.69, 9.17) is 17.3 Å². The second kappa shape index (κ2) is 4.97. The van der Waals surface area contributed by atoms with Crippen LogP contribution in [0, 0.1) is 0 Å². The molecule has 2 atom stereocenters. The van der Waals surface area contributed by atoms with E-state index in [0.29, 0.717) is 12.1 Å². The lowest BCUT2D eigenvalue weighted by Gasteiger charge is -2.17. The van der Waals surface area contributed by atoms with Gasteiger partial charge >= 0.3 is 0 Å². The second-order valence-corrected chi connectivity index (χ2v) is 4.65. The van der Waals surface area contributed by atoms with Crippen LogP contribution in [0.2, 0.25) is 5.02 Å². The van der Waals surface area contributed by atoms with E-state index in [1.807, 2.05) is 12.1 Å². The SMILES string of the molecule is NC1CCCC1NCc1ccc(Cl)cc1. The highest BCUT2D eigenvalue weighted by Gasteiger charge is 2.22. The Kier molecular flexibility index (Phi) is 3.62. The third kappa shape index (κ3) is 2.94. The van der Waals surface area contributed by atoms with E-state index in [9.17, 15) is 0 Å². The molecule has 0 aliphatic heterocycles. The van der Waals surface area contributed by atoms with Gasteiger partial charge in [-0.1, -0.05) is 30.2 Å². The molecule has 82 valence electrons. The van der Waals surface area contributed by atoms with Crippen molar-refractivity contribution in [3.63, 3.8) is 0 Å². The zero-order valence-corrected chi connectivity index (χ0v) is 9.50. The average Bonchev–Trinajstić information content (AvgIpc) is 2.63. The normalized spacial score (nSPS) is 25.7. The molecule has 2 rings (SSSR count). The van der Waals surface area contributed by atoms with Gasteiger partial charge in [-0.15, -0.1) is 0 Å². The van der Waals surface area contributed by atoms with E-state index in [2.05, 4.69) is 17.4 Å². The van der Waals surface area contributed by atoms with Gasteiger partial charge in [0.25, 0.3) is 0 Å². The van der Waals surface area contributed by atoms with Gasteiger partial charge in [-0.2, -0.15) is 0 Å². The lowest BCUT2D eigenvalue weighted by atomic mass is 10.1. The summed E-state index contributed by atoms with van der Waals surface area (Å²) >= 11 is 5.82. The van der Waals surface area contributed by atoms with E-state index in [1.54, 1.807) is 0 Å². The van der Waals surface area contributed by atoms with Crippen LogP contribution in [0.25, 0.3) is 0 Å². The topological polar surface area (TPSA) is 38.0 Å². The Morgan fingerprint density at radius 1 is 1.27 bits per heavy atom. The molecule has 2 unspecified atom stereocenters. The molecular formula is C12H17ClN2. The molecule has 0 saturated heterocycles. The molecule has 1 aromatic carbocycles. The van der Waals surface area contributed by atoms with Crippen LogP contribution in [0.5, 0.6) is 0 Å². The van der Waals surface area contributed by atoms with Crippen LogP contribution in [-0.2, 0) is 6.54 Å². The van der Waals surface area contributed by atoms with Crippen molar-refractivity contribution < 1.29 is 0 Å². The number of rotatable bonds is 3. The van der Waals surface area contributed by atoms with Crippen molar-refractivity contribution in [2.75, 3.05) is 0 Å². The maximum atomic E-state index is 5.98. The first-order valence-electron chi connectivity index (χ1n) is 5.49. The maximum Gasteiger partial charge on any atom is 0.0406 e. The highest BCUT2D eigenvalue weighted by molar-refractivity contribution is 6.30. The Labute approximate surface area is 95.8 Å². The van der Waals surface area contributed by atoms with Gasteiger partial charge in [-0.25, -0.2) is 0 Å². The van der Waals surface area contributed by atoms with Gasteiger partial charge in [0, 0.05) is 23.7 Å². The monoisotopic (exact) mass is 224 g/mol. The highest BCUT2D eigenvalue weighted by Crippen LogP contribution is 2.17. The average molecular weight is 225 g/mol. The van der Waals surface area contributed by atoms with Crippen LogP contribution < -0.4 is 11.1 Å². The van der Waals surface area contributed by atoms with Crippen LogP contribution in [0.15, 0.2) is 24.3 Å². The summed E-state index contributed by atoms with van der Waals surface area (Å²) in [5, 5.41) is 4.29. The molecule has 1 aromatic rings. The molecule has 0 aromatic heterocycles. The van der Waals surface area contributed by atoms with Crippen molar-refractivity contribution in [1.29, 1.82) is 0 Å². The second-order valence-electron chi connectivity index (χ2n) is 4.21. The Balaban J connectivity index is 1.85. The number of hydrogen-bond donors (Lipinski definition) is 2. The fourth-order valence-corrected chi connectivity index (χ4v) is 2.22. The van der Waals surface area contributed by atoms with E-state index in [1.165, 1.54) is 18.4 Å². The summed E-state index contributed by atoms with van der Waals surface area (Å²) in [5.41, 5.74) is 7.25. The number of halogens is 1. The first-order chi connectivity index (χ1) is 7.25. The number of nitrogens with one attached hydrogen (secondary N) is 1. The first kappa shape index (κ1) is 10.9. The summed E-state index contributed by atoms with van der Waals surface area (Å²) in [6.07, 6.45) is 3.60. The fraction of sp³-hybridized carbons (Fsp3) is 0.500. The maximum absolute atomic E-state index is 5.98. The fourth-order valence-electron chi connectivity index (χ4n) is 2.09. The van der Waals surface area contributed by atoms with E-state index in [-0.39, 0.29) is 0 Å². The summed E-state index contributed by atoms with van der Waals surface area (Å²) in [5.74, 6) is 0. The molecule has 3 N–H and O–H groups in total. The minimum Gasteiger partial charge on any atom is -0.326 e. The molecule has 2 nitrogen and oxygen atoms in total. The van der Waals surface area contributed by atoms with Gasteiger partial charge in [0.1, 0.15) is 0 Å². The summed E-state index contributed by atoms with van der Waals surface area (Å²) in [6, 6.07) is 8.77. The highest BCUT2D eigenvalue weighted by atomic mass is 35.5. The predicted molar refractivity (Wildman–Crippen MR) is 63.9 cm³/mol.